The van der Waals surface area contributed by atoms with E-state index in [9.17, 15) is 9.59 Å². The Hall–Kier alpha value is -1.06. The van der Waals surface area contributed by atoms with E-state index in [1.807, 2.05) is 13.8 Å². The highest BCUT2D eigenvalue weighted by Crippen LogP contribution is 2.50. The minimum Gasteiger partial charge on any atom is -0.459 e. The summed E-state index contributed by atoms with van der Waals surface area (Å²) in [5.74, 6) is -0.505. The molecule has 4 heteroatoms. The van der Waals surface area contributed by atoms with Crippen LogP contribution in [0.15, 0.2) is 0 Å². The molecule has 4 nitrogen and oxygen atoms in total. The molecule has 0 spiro atoms. The van der Waals surface area contributed by atoms with Crippen LogP contribution in [0.4, 0.5) is 0 Å². The molecule has 0 radical (unpaired) electrons. The number of carbonyl (C=O) groups is 2. The number of hydrogen-bond donors (Lipinski definition) is 1. The van der Waals surface area contributed by atoms with Gasteiger partial charge in [0.05, 0.1) is 0 Å². The molecule has 3 unspecified atom stereocenters. The van der Waals surface area contributed by atoms with E-state index in [4.69, 9.17) is 10.5 Å². The Morgan fingerprint density at radius 2 is 1.90 bits per heavy atom. The molecule has 20 heavy (non-hydrogen) atoms. The van der Waals surface area contributed by atoms with Crippen LogP contribution in [0.25, 0.3) is 0 Å². The standard InChI is InChI=1S/C16H27NO3/c1-4-12-9-11(2)10-16(12,13(17)18)14(19)20-15(3)7-5-6-8-15/h11-12H,4-10H2,1-3H3,(H2,17,18). The Morgan fingerprint density at radius 3 is 2.40 bits per heavy atom. The monoisotopic (exact) mass is 281 g/mol. The molecule has 2 N–H and O–H groups in total. The van der Waals surface area contributed by atoms with Crippen LogP contribution >= 0.6 is 0 Å². The van der Waals surface area contributed by atoms with Crippen LogP contribution in [0.1, 0.15) is 65.7 Å². The van der Waals surface area contributed by atoms with Gasteiger partial charge in [0.25, 0.3) is 0 Å². The number of amides is 1. The number of primary amides is 1. The smallest absolute Gasteiger partial charge is 0.322 e. The third-order valence-corrected chi connectivity index (χ3v) is 5.35. The average molecular weight is 281 g/mol. The van der Waals surface area contributed by atoms with Gasteiger partial charge in [0, 0.05) is 0 Å². The molecule has 2 fully saturated rings. The van der Waals surface area contributed by atoms with Crippen molar-refractivity contribution in [2.75, 3.05) is 0 Å². The van der Waals surface area contributed by atoms with Crippen molar-refractivity contribution in [3.63, 3.8) is 0 Å². The van der Waals surface area contributed by atoms with E-state index in [-0.39, 0.29) is 11.9 Å². The molecule has 0 heterocycles. The molecule has 2 aliphatic rings. The second kappa shape index (κ2) is 5.38. The summed E-state index contributed by atoms with van der Waals surface area (Å²) in [5.41, 5.74) is 4.14. The molecular formula is C16H27NO3. The van der Waals surface area contributed by atoms with E-state index in [0.717, 1.165) is 38.5 Å². The zero-order valence-corrected chi connectivity index (χ0v) is 12.9. The van der Waals surface area contributed by atoms with E-state index in [0.29, 0.717) is 12.3 Å². The quantitative estimate of drug-likeness (QED) is 0.636. The third-order valence-electron chi connectivity index (χ3n) is 5.35. The molecular weight excluding hydrogens is 254 g/mol. The first-order valence-corrected chi connectivity index (χ1v) is 7.87. The van der Waals surface area contributed by atoms with Crippen LogP contribution < -0.4 is 5.73 Å². The van der Waals surface area contributed by atoms with Crippen molar-refractivity contribution in [3.8, 4) is 0 Å². The summed E-state index contributed by atoms with van der Waals surface area (Å²) in [6.07, 6.45) is 6.15. The number of rotatable bonds is 4. The molecule has 0 aliphatic heterocycles. The first-order valence-electron chi connectivity index (χ1n) is 7.87. The first kappa shape index (κ1) is 15.3. The number of esters is 1. The molecule has 2 saturated carbocycles. The van der Waals surface area contributed by atoms with Crippen LogP contribution in [-0.4, -0.2) is 17.5 Å². The maximum Gasteiger partial charge on any atom is 0.322 e. The molecule has 114 valence electrons. The second-order valence-corrected chi connectivity index (χ2v) is 7.03. The lowest BCUT2D eigenvalue weighted by Crippen LogP contribution is -2.49. The van der Waals surface area contributed by atoms with E-state index in [2.05, 4.69) is 6.92 Å². The lowest BCUT2D eigenvalue weighted by molar-refractivity contribution is -0.175. The minimum atomic E-state index is -1.10. The molecule has 3 atom stereocenters. The molecule has 1 amide bonds. The minimum absolute atomic E-state index is 0.0208. The van der Waals surface area contributed by atoms with Gasteiger partial charge in [0.1, 0.15) is 11.0 Å². The topological polar surface area (TPSA) is 69.4 Å². The van der Waals surface area contributed by atoms with Crippen LogP contribution in [-0.2, 0) is 14.3 Å². The fourth-order valence-corrected chi connectivity index (χ4v) is 4.19. The van der Waals surface area contributed by atoms with Crippen molar-refractivity contribution in [1.82, 2.24) is 0 Å². The lowest BCUT2D eigenvalue weighted by atomic mass is 9.75. The predicted molar refractivity (Wildman–Crippen MR) is 76.8 cm³/mol. The normalized spacial score (nSPS) is 36.0. The van der Waals surface area contributed by atoms with Gasteiger partial charge in [-0.1, -0.05) is 20.3 Å². The van der Waals surface area contributed by atoms with Gasteiger partial charge < -0.3 is 10.5 Å². The summed E-state index contributed by atoms with van der Waals surface area (Å²) in [4.78, 5) is 24.8. The van der Waals surface area contributed by atoms with Crippen molar-refractivity contribution in [1.29, 1.82) is 0 Å². The first-order chi connectivity index (χ1) is 9.34. The fourth-order valence-electron chi connectivity index (χ4n) is 4.19. The van der Waals surface area contributed by atoms with Gasteiger partial charge in [-0.3, -0.25) is 9.59 Å². The summed E-state index contributed by atoms with van der Waals surface area (Å²) >= 11 is 0. The summed E-state index contributed by atoms with van der Waals surface area (Å²) in [7, 11) is 0. The van der Waals surface area contributed by atoms with Crippen LogP contribution in [0.2, 0.25) is 0 Å². The third kappa shape index (κ3) is 2.45. The molecule has 0 aromatic heterocycles. The molecule has 0 bridgehead atoms. The SMILES string of the molecule is CCC1CC(C)CC1(C(N)=O)C(=O)OC1(C)CCCC1. The van der Waals surface area contributed by atoms with Gasteiger partial charge in [-0.2, -0.15) is 0 Å². The van der Waals surface area contributed by atoms with Gasteiger partial charge in [-0.05, 0) is 57.3 Å². The molecule has 0 aromatic carbocycles. The zero-order valence-electron chi connectivity index (χ0n) is 12.9. The van der Waals surface area contributed by atoms with E-state index >= 15 is 0 Å². The van der Waals surface area contributed by atoms with Crippen molar-refractivity contribution in [2.24, 2.45) is 23.0 Å². The fraction of sp³-hybridized carbons (Fsp3) is 0.875. The van der Waals surface area contributed by atoms with E-state index < -0.39 is 16.9 Å². The van der Waals surface area contributed by atoms with Crippen molar-refractivity contribution in [3.05, 3.63) is 0 Å². The van der Waals surface area contributed by atoms with Crippen molar-refractivity contribution >= 4 is 11.9 Å². The maximum absolute atomic E-state index is 12.8. The highest BCUT2D eigenvalue weighted by Gasteiger charge is 2.57. The summed E-state index contributed by atoms with van der Waals surface area (Å²) in [6.45, 7) is 6.08. The van der Waals surface area contributed by atoms with Crippen LogP contribution in [0.3, 0.4) is 0 Å². The lowest BCUT2D eigenvalue weighted by Gasteiger charge is -2.34. The molecule has 2 rings (SSSR count). The second-order valence-electron chi connectivity index (χ2n) is 7.03. The Bertz CT molecular complexity index is 401. The maximum atomic E-state index is 12.8. The van der Waals surface area contributed by atoms with E-state index in [1.165, 1.54) is 0 Å². The molecule has 0 aromatic rings. The highest BCUT2D eigenvalue weighted by atomic mass is 16.6. The van der Waals surface area contributed by atoms with Gasteiger partial charge in [0.2, 0.25) is 5.91 Å². The van der Waals surface area contributed by atoms with Crippen molar-refractivity contribution < 1.29 is 14.3 Å². The van der Waals surface area contributed by atoms with Gasteiger partial charge >= 0.3 is 5.97 Å². The number of nitrogens with two attached hydrogens (primary N) is 1. The largest absolute Gasteiger partial charge is 0.459 e. The number of hydrogen-bond acceptors (Lipinski definition) is 3. The Labute approximate surface area is 121 Å². The summed E-state index contributed by atoms with van der Waals surface area (Å²) in [6, 6.07) is 0. The van der Waals surface area contributed by atoms with Crippen LogP contribution in [0, 0.1) is 17.3 Å². The van der Waals surface area contributed by atoms with Crippen molar-refractivity contribution in [2.45, 2.75) is 71.3 Å². The average Bonchev–Trinajstić information content (AvgIpc) is 2.93. The van der Waals surface area contributed by atoms with Crippen LogP contribution in [0.5, 0.6) is 0 Å². The van der Waals surface area contributed by atoms with Gasteiger partial charge in [-0.15, -0.1) is 0 Å². The Balaban J connectivity index is 2.24. The predicted octanol–water partition coefficient (Wildman–Crippen LogP) is 2.79. The van der Waals surface area contributed by atoms with Gasteiger partial charge in [-0.25, -0.2) is 0 Å². The molecule has 2 aliphatic carbocycles. The number of ether oxygens (including phenoxy) is 1. The van der Waals surface area contributed by atoms with Gasteiger partial charge in [0.15, 0.2) is 0 Å². The Morgan fingerprint density at radius 1 is 1.30 bits per heavy atom. The summed E-state index contributed by atoms with van der Waals surface area (Å²) in [5, 5.41) is 0. The number of carbonyl (C=O) groups excluding carboxylic acids is 2. The molecule has 0 saturated heterocycles. The summed E-state index contributed by atoms with van der Waals surface area (Å²) < 4.78 is 5.79. The Kier molecular flexibility index (Phi) is 4.12. The van der Waals surface area contributed by atoms with E-state index in [1.54, 1.807) is 0 Å². The highest BCUT2D eigenvalue weighted by molar-refractivity contribution is 6.02. The zero-order chi connectivity index (χ0) is 15.0.